The number of rotatable bonds is 5. The average molecular weight is 353 g/mol. The summed E-state index contributed by atoms with van der Waals surface area (Å²) >= 11 is 0. The zero-order chi connectivity index (χ0) is 18.9. The van der Waals surface area contributed by atoms with E-state index >= 15 is 0 Å². The van der Waals surface area contributed by atoms with Crippen LogP contribution >= 0.6 is 0 Å². The van der Waals surface area contributed by atoms with Gasteiger partial charge in [-0.1, -0.05) is 52.0 Å². The molecule has 0 aliphatic heterocycles. The number of pyridine rings is 1. The Bertz CT molecular complexity index is 836. The molecule has 0 radical (unpaired) electrons. The van der Waals surface area contributed by atoms with Crippen LogP contribution < -0.4 is 4.74 Å². The standard InChI is InChI=1S/C23H28FNO/c1-15(2)11-16-8-9-17(19-13-22(26-5)25-14-21(19)24)18(12-16)20-7-6-10-23(20,3)4/h7-9,12-15H,6,10-11H2,1-5H3. The van der Waals surface area contributed by atoms with Crippen molar-refractivity contribution in [1.29, 1.82) is 0 Å². The summed E-state index contributed by atoms with van der Waals surface area (Å²) in [7, 11) is 1.55. The molecule has 0 atom stereocenters. The second kappa shape index (κ2) is 7.22. The van der Waals surface area contributed by atoms with Gasteiger partial charge < -0.3 is 4.74 Å². The van der Waals surface area contributed by atoms with Crippen molar-refractivity contribution in [1.82, 2.24) is 4.98 Å². The van der Waals surface area contributed by atoms with Crippen LogP contribution in [-0.4, -0.2) is 12.1 Å². The molecule has 0 amide bonds. The molecular formula is C23H28FNO. The fourth-order valence-electron chi connectivity index (χ4n) is 3.85. The summed E-state index contributed by atoms with van der Waals surface area (Å²) in [6.45, 7) is 8.99. The molecule has 1 aliphatic carbocycles. The molecule has 2 nitrogen and oxygen atoms in total. The molecule has 0 saturated heterocycles. The fraction of sp³-hybridized carbons (Fsp3) is 0.435. The Morgan fingerprint density at radius 1 is 1.15 bits per heavy atom. The summed E-state index contributed by atoms with van der Waals surface area (Å²) in [5.41, 5.74) is 5.30. The highest BCUT2D eigenvalue weighted by molar-refractivity contribution is 5.85. The Hall–Kier alpha value is -2.16. The van der Waals surface area contributed by atoms with Crippen molar-refractivity contribution in [3.8, 4) is 17.0 Å². The maximum Gasteiger partial charge on any atom is 0.213 e. The quantitative estimate of drug-likeness (QED) is 0.629. The predicted molar refractivity (Wildman–Crippen MR) is 106 cm³/mol. The first-order valence-electron chi connectivity index (χ1n) is 9.35. The number of ether oxygens (including phenoxy) is 1. The van der Waals surface area contributed by atoms with E-state index in [1.807, 2.05) is 0 Å². The third kappa shape index (κ3) is 3.67. The SMILES string of the molecule is COc1cc(-c2ccc(CC(C)C)cc2C2=CCCC2(C)C)c(F)cn1. The lowest BCUT2D eigenvalue weighted by Crippen LogP contribution is -2.10. The molecule has 26 heavy (non-hydrogen) atoms. The number of benzene rings is 1. The lowest BCUT2D eigenvalue weighted by atomic mass is 9.79. The number of nitrogens with zero attached hydrogens (tertiary/aromatic N) is 1. The van der Waals surface area contributed by atoms with Gasteiger partial charge in [-0.3, -0.25) is 0 Å². The molecule has 0 bridgehead atoms. The van der Waals surface area contributed by atoms with E-state index in [0.29, 0.717) is 17.4 Å². The zero-order valence-electron chi connectivity index (χ0n) is 16.4. The Balaban J connectivity index is 2.19. The van der Waals surface area contributed by atoms with E-state index in [4.69, 9.17) is 4.74 Å². The summed E-state index contributed by atoms with van der Waals surface area (Å²) in [4.78, 5) is 3.98. The van der Waals surface area contributed by atoms with E-state index in [1.54, 1.807) is 13.2 Å². The number of hydrogen-bond donors (Lipinski definition) is 0. The summed E-state index contributed by atoms with van der Waals surface area (Å²) < 4.78 is 19.8. The van der Waals surface area contributed by atoms with Gasteiger partial charge in [0, 0.05) is 11.6 Å². The van der Waals surface area contributed by atoms with Crippen LogP contribution in [0, 0.1) is 17.2 Å². The lowest BCUT2D eigenvalue weighted by Gasteiger charge is -2.25. The van der Waals surface area contributed by atoms with Crippen LogP contribution in [0.3, 0.4) is 0 Å². The van der Waals surface area contributed by atoms with E-state index in [-0.39, 0.29) is 11.2 Å². The van der Waals surface area contributed by atoms with Gasteiger partial charge in [-0.25, -0.2) is 9.37 Å². The molecule has 0 N–H and O–H groups in total. The summed E-state index contributed by atoms with van der Waals surface area (Å²) in [5.74, 6) is 0.690. The van der Waals surface area contributed by atoms with Gasteiger partial charge in [-0.2, -0.15) is 0 Å². The van der Waals surface area contributed by atoms with Crippen LogP contribution in [0.2, 0.25) is 0 Å². The van der Waals surface area contributed by atoms with E-state index in [9.17, 15) is 4.39 Å². The Morgan fingerprint density at radius 3 is 2.54 bits per heavy atom. The van der Waals surface area contributed by atoms with E-state index in [1.165, 1.54) is 17.3 Å². The normalized spacial score (nSPS) is 16.0. The Labute approximate surface area is 156 Å². The highest BCUT2D eigenvalue weighted by Crippen LogP contribution is 2.47. The van der Waals surface area contributed by atoms with Gasteiger partial charge in [0.1, 0.15) is 5.82 Å². The zero-order valence-corrected chi connectivity index (χ0v) is 16.4. The average Bonchev–Trinajstić information content (AvgIpc) is 2.94. The maximum atomic E-state index is 14.6. The summed E-state index contributed by atoms with van der Waals surface area (Å²) in [6.07, 6.45) is 6.77. The number of allylic oxidation sites excluding steroid dienone is 2. The number of halogens is 1. The van der Waals surface area contributed by atoms with Gasteiger partial charge in [0.25, 0.3) is 0 Å². The van der Waals surface area contributed by atoms with Crippen LogP contribution in [0.4, 0.5) is 4.39 Å². The van der Waals surface area contributed by atoms with Gasteiger partial charge in [-0.05, 0) is 52.9 Å². The first kappa shape index (κ1) is 18.6. The summed E-state index contributed by atoms with van der Waals surface area (Å²) in [5, 5.41) is 0. The second-order valence-corrected chi connectivity index (χ2v) is 8.22. The third-order valence-electron chi connectivity index (χ3n) is 5.19. The number of hydrogen-bond acceptors (Lipinski definition) is 2. The fourth-order valence-corrected chi connectivity index (χ4v) is 3.85. The van der Waals surface area contributed by atoms with Crippen molar-refractivity contribution in [3.05, 3.63) is 53.5 Å². The van der Waals surface area contributed by atoms with Gasteiger partial charge >= 0.3 is 0 Å². The highest BCUT2D eigenvalue weighted by atomic mass is 19.1. The molecule has 1 heterocycles. The largest absolute Gasteiger partial charge is 0.481 e. The van der Waals surface area contributed by atoms with E-state index in [2.05, 4.69) is 57.0 Å². The van der Waals surface area contributed by atoms with E-state index in [0.717, 1.165) is 30.4 Å². The molecule has 2 aromatic rings. The molecule has 1 aliphatic rings. The number of methoxy groups -OCH3 is 1. The molecule has 138 valence electrons. The van der Waals surface area contributed by atoms with Gasteiger partial charge in [0.15, 0.2) is 0 Å². The third-order valence-corrected chi connectivity index (χ3v) is 5.19. The van der Waals surface area contributed by atoms with Crippen molar-refractivity contribution in [2.75, 3.05) is 7.11 Å². The summed E-state index contributed by atoms with van der Waals surface area (Å²) in [6, 6.07) is 8.12. The molecule has 1 aromatic heterocycles. The van der Waals surface area contributed by atoms with Crippen LogP contribution in [0.25, 0.3) is 16.7 Å². The molecule has 0 unspecified atom stereocenters. The molecule has 3 heteroatoms. The van der Waals surface area contributed by atoms with Gasteiger partial charge in [0.2, 0.25) is 5.88 Å². The molecule has 0 fully saturated rings. The molecule has 1 aromatic carbocycles. The Kier molecular flexibility index (Phi) is 5.17. The van der Waals surface area contributed by atoms with Crippen LogP contribution in [0.15, 0.2) is 36.5 Å². The van der Waals surface area contributed by atoms with E-state index < -0.39 is 0 Å². The molecule has 3 rings (SSSR count). The first-order chi connectivity index (χ1) is 12.3. The minimum atomic E-state index is -0.319. The molecule has 0 spiro atoms. The molecule has 0 saturated carbocycles. The van der Waals surface area contributed by atoms with Gasteiger partial charge in [-0.15, -0.1) is 0 Å². The van der Waals surface area contributed by atoms with Crippen molar-refractivity contribution in [3.63, 3.8) is 0 Å². The second-order valence-electron chi connectivity index (χ2n) is 8.22. The maximum absolute atomic E-state index is 14.6. The smallest absolute Gasteiger partial charge is 0.213 e. The highest BCUT2D eigenvalue weighted by Gasteiger charge is 2.30. The first-order valence-corrected chi connectivity index (χ1v) is 9.35. The Morgan fingerprint density at radius 2 is 1.92 bits per heavy atom. The van der Waals surface area contributed by atoms with Crippen molar-refractivity contribution < 1.29 is 9.13 Å². The molecular weight excluding hydrogens is 325 g/mol. The lowest BCUT2D eigenvalue weighted by molar-refractivity contribution is 0.396. The van der Waals surface area contributed by atoms with Crippen LogP contribution in [-0.2, 0) is 6.42 Å². The van der Waals surface area contributed by atoms with Gasteiger partial charge in [0.05, 0.1) is 13.3 Å². The monoisotopic (exact) mass is 353 g/mol. The van der Waals surface area contributed by atoms with Crippen molar-refractivity contribution >= 4 is 5.57 Å². The van der Waals surface area contributed by atoms with Crippen LogP contribution in [0.1, 0.15) is 51.7 Å². The number of aromatic nitrogens is 1. The van der Waals surface area contributed by atoms with Crippen molar-refractivity contribution in [2.45, 2.75) is 47.0 Å². The topological polar surface area (TPSA) is 22.1 Å². The minimum Gasteiger partial charge on any atom is -0.481 e. The van der Waals surface area contributed by atoms with Crippen molar-refractivity contribution in [2.24, 2.45) is 11.3 Å². The predicted octanol–water partition coefficient (Wildman–Crippen LogP) is 6.30. The van der Waals surface area contributed by atoms with Crippen LogP contribution in [0.5, 0.6) is 5.88 Å². The minimum absolute atomic E-state index is 0.0960.